The van der Waals surface area contributed by atoms with Crippen molar-refractivity contribution in [1.82, 2.24) is 20.4 Å². The van der Waals surface area contributed by atoms with Gasteiger partial charge in [0, 0.05) is 50.1 Å². The van der Waals surface area contributed by atoms with E-state index in [1.165, 1.54) is 0 Å². The first-order valence-corrected chi connectivity index (χ1v) is 11.7. The van der Waals surface area contributed by atoms with Crippen molar-refractivity contribution in [1.29, 1.82) is 5.26 Å². The lowest BCUT2D eigenvalue weighted by molar-refractivity contribution is -0.0399. The van der Waals surface area contributed by atoms with Gasteiger partial charge in [-0.2, -0.15) is 5.26 Å². The highest BCUT2D eigenvalue weighted by Crippen LogP contribution is 2.33. The summed E-state index contributed by atoms with van der Waals surface area (Å²) in [5.41, 5.74) is 4.35. The minimum Gasteiger partial charge on any atom is -0.351 e. The number of amides is 2. The zero-order valence-electron chi connectivity index (χ0n) is 19.8. The monoisotopic (exact) mass is 468 g/mol. The smallest absolute Gasteiger partial charge is 0.317 e. The number of halogens is 2. The Morgan fingerprint density at radius 3 is 2.41 bits per heavy atom. The largest absolute Gasteiger partial charge is 0.351 e. The van der Waals surface area contributed by atoms with Gasteiger partial charge in [0.2, 0.25) is 5.92 Å². The Morgan fingerprint density at radius 1 is 1.12 bits per heavy atom. The second-order valence-corrected chi connectivity index (χ2v) is 9.38. The summed E-state index contributed by atoms with van der Waals surface area (Å²) in [5.74, 6) is -1.80. The van der Waals surface area contributed by atoms with Crippen molar-refractivity contribution in [3.63, 3.8) is 0 Å². The molecule has 1 aromatic heterocycles. The molecule has 1 unspecified atom stereocenters. The zero-order chi connectivity index (χ0) is 24.5. The number of piperazine rings is 1. The molecule has 1 saturated heterocycles. The van der Waals surface area contributed by atoms with Crippen LogP contribution in [0.3, 0.4) is 0 Å². The number of carbonyl (C=O) groups excluding carboxylic acids is 1. The van der Waals surface area contributed by atoms with Gasteiger partial charge in [-0.05, 0) is 56.9 Å². The molecule has 4 rings (SSSR count). The zero-order valence-corrected chi connectivity index (χ0v) is 19.8. The number of hydrogen-bond donors (Lipinski definition) is 1. The number of rotatable bonds is 3. The van der Waals surface area contributed by atoms with Crippen LogP contribution in [0.4, 0.5) is 19.4 Å². The molecule has 2 heterocycles. The van der Waals surface area contributed by atoms with Gasteiger partial charge in [0.25, 0.3) is 0 Å². The van der Waals surface area contributed by atoms with Crippen molar-refractivity contribution < 1.29 is 13.6 Å². The van der Waals surface area contributed by atoms with E-state index in [9.17, 15) is 13.6 Å². The van der Waals surface area contributed by atoms with Crippen LogP contribution in [0.5, 0.6) is 0 Å². The number of anilines is 1. The molecule has 1 aliphatic heterocycles. The van der Waals surface area contributed by atoms with Gasteiger partial charge in [0.1, 0.15) is 0 Å². The summed E-state index contributed by atoms with van der Waals surface area (Å²) in [6.45, 7) is 7.78. The molecule has 1 atom stereocenters. The number of carbonyl (C=O) groups is 1. The van der Waals surface area contributed by atoms with E-state index < -0.39 is 5.92 Å². The van der Waals surface area contributed by atoms with Crippen LogP contribution in [0.25, 0.3) is 11.3 Å². The van der Waals surface area contributed by atoms with Crippen LogP contribution in [-0.4, -0.2) is 58.8 Å². The molecule has 2 aromatic rings. The van der Waals surface area contributed by atoms with E-state index >= 15 is 0 Å². The highest BCUT2D eigenvalue weighted by Gasteiger charge is 2.37. The molecule has 0 radical (unpaired) electrons. The topological polar surface area (TPSA) is 85.2 Å². The molecule has 2 fully saturated rings. The maximum absolute atomic E-state index is 13.4. The molecule has 1 N–H and O–H groups in total. The molecule has 2 amide bonds. The summed E-state index contributed by atoms with van der Waals surface area (Å²) in [5, 5.41) is 21.0. The van der Waals surface area contributed by atoms with E-state index in [1.807, 2.05) is 32.9 Å². The van der Waals surface area contributed by atoms with Crippen LogP contribution < -0.4 is 10.2 Å². The first-order chi connectivity index (χ1) is 16.2. The lowest BCUT2D eigenvalue weighted by Gasteiger charge is -2.41. The van der Waals surface area contributed by atoms with Crippen LogP contribution in [-0.2, 0) is 0 Å². The fraction of sp³-hybridized carbons (Fsp3) is 0.520. The number of nitrogens with one attached hydrogen (secondary N) is 1. The van der Waals surface area contributed by atoms with Crippen LogP contribution >= 0.6 is 0 Å². The molecule has 1 saturated carbocycles. The third-order valence-corrected chi connectivity index (χ3v) is 7.02. The minimum atomic E-state index is -2.60. The number of benzene rings is 1. The Hall–Kier alpha value is -3.28. The Kier molecular flexibility index (Phi) is 6.69. The Balaban J connectivity index is 1.41. The molecule has 34 heavy (non-hydrogen) atoms. The number of nitrogens with zero attached hydrogens (tertiary/aromatic N) is 5. The quantitative estimate of drug-likeness (QED) is 0.720. The predicted octanol–water partition coefficient (Wildman–Crippen LogP) is 4.43. The van der Waals surface area contributed by atoms with Crippen LogP contribution in [0.2, 0.25) is 0 Å². The van der Waals surface area contributed by atoms with E-state index in [4.69, 9.17) is 5.26 Å². The van der Waals surface area contributed by atoms with Gasteiger partial charge in [-0.15, -0.1) is 10.2 Å². The summed E-state index contributed by atoms with van der Waals surface area (Å²) < 4.78 is 26.8. The summed E-state index contributed by atoms with van der Waals surface area (Å²) in [4.78, 5) is 16.7. The van der Waals surface area contributed by atoms with Gasteiger partial charge >= 0.3 is 6.03 Å². The molecule has 1 aliphatic carbocycles. The maximum atomic E-state index is 13.4. The number of urea groups is 1. The molecule has 180 valence electrons. The molecule has 0 bridgehead atoms. The van der Waals surface area contributed by atoms with E-state index in [2.05, 4.69) is 26.5 Å². The highest BCUT2D eigenvalue weighted by molar-refractivity contribution is 5.75. The lowest BCUT2D eigenvalue weighted by Crippen LogP contribution is -2.58. The molecule has 7 nitrogen and oxygen atoms in total. The van der Waals surface area contributed by atoms with Crippen LogP contribution in [0.1, 0.15) is 49.3 Å². The second-order valence-electron chi connectivity index (χ2n) is 9.38. The van der Waals surface area contributed by atoms with E-state index in [-0.39, 0.29) is 31.0 Å². The van der Waals surface area contributed by atoms with Gasteiger partial charge in [0.05, 0.1) is 17.3 Å². The number of hydrogen-bond acceptors (Lipinski definition) is 5. The maximum Gasteiger partial charge on any atom is 0.317 e. The summed E-state index contributed by atoms with van der Waals surface area (Å²) in [7, 11) is 0. The number of alkyl halides is 2. The Labute approximate surface area is 198 Å². The van der Waals surface area contributed by atoms with Gasteiger partial charge in [-0.3, -0.25) is 0 Å². The summed E-state index contributed by atoms with van der Waals surface area (Å²) >= 11 is 0. The normalized spacial score (nSPS) is 20.6. The Morgan fingerprint density at radius 2 is 1.79 bits per heavy atom. The van der Waals surface area contributed by atoms with Gasteiger partial charge in [0.15, 0.2) is 5.82 Å². The van der Waals surface area contributed by atoms with Crippen molar-refractivity contribution in [3.05, 3.63) is 41.0 Å². The van der Waals surface area contributed by atoms with Crippen molar-refractivity contribution >= 4 is 11.8 Å². The van der Waals surface area contributed by atoms with Crippen molar-refractivity contribution in [2.45, 2.75) is 64.5 Å². The molecule has 1 aromatic carbocycles. The second kappa shape index (κ2) is 9.53. The van der Waals surface area contributed by atoms with Crippen molar-refractivity contribution in [2.75, 3.05) is 24.5 Å². The molecular weight excluding hydrogens is 438 g/mol. The van der Waals surface area contributed by atoms with Crippen molar-refractivity contribution in [3.8, 4) is 17.3 Å². The van der Waals surface area contributed by atoms with Crippen molar-refractivity contribution in [2.24, 2.45) is 0 Å². The summed E-state index contributed by atoms with van der Waals surface area (Å²) in [6, 6.07) is 8.98. The van der Waals surface area contributed by atoms with Gasteiger partial charge < -0.3 is 15.1 Å². The number of nitriles is 1. The van der Waals surface area contributed by atoms with Gasteiger partial charge in [-0.1, -0.05) is 12.1 Å². The lowest BCUT2D eigenvalue weighted by atomic mass is 9.92. The third-order valence-electron chi connectivity index (χ3n) is 7.02. The fourth-order valence-corrected chi connectivity index (χ4v) is 4.76. The van der Waals surface area contributed by atoms with Crippen LogP contribution in [0.15, 0.2) is 24.3 Å². The molecule has 0 spiro atoms. The first-order valence-electron chi connectivity index (χ1n) is 11.7. The predicted molar refractivity (Wildman–Crippen MR) is 126 cm³/mol. The standard InChI is InChI=1S/C25H30F2N6O/c1-16-15-32(12-13-33(16)24(34)29-21-8-10-25(26,27)11-9-21)23-18(3)17(2)22(30-31-23)20-6-4-19(14-28)5-7-20/h4-7,16,21H,8-13,15H2,1-3H3,(H,29,34). The molecule has 2 aliphatic rings. The fourth-order valence-electron chi connectivity index (χ4n) is 4.76. The van der Waals surface area contributed by atoms with E-state index in [0.717, 1.165) is 28.2 Å². The van der Waals surface area contributed by atoms with Crippen LogP contribution in [0, 0.1) is 25.2 Å². The minimum absolute atomic E-state index is 0.0570. The summed E-state index contributed by atoms with van der Waals surface area (Å²) in [6.07, 6.45) is 0.285. The first kappa shape index (κ1) is 23.9. The third kappa shape index (κ3) is 4.96. The Bertz CT molecular complexity index is 1090. The molecular formula is C25H30F2N6O. The number of aromatic nitrogens is 2. The highest BCUT2D eigenvalue weighted by atomic mass is 19.3. The average Bonchev–Trinajstić information content (AvgIpc) is 2.82. The van der Waals surface area contributed by atoms with E-state index in [1.54, 1.807) is 17.0 Å². The van der Waals surface area contributed by atoms with E-state index in [0.29, 0.717) is 38.0 Å². The average molecular weight is 469 g/mol. The SMILES string of the molecule is Cc1c(-c2ccc(C#N)cc2)nnc(N2CCN(C(=O)NC3CCC(F)(F)CC3)C(C)C2)c1C. The molecule has 9 heteroatoms. The van der Waals surface area contributed by atoms with Gasteiger partial charge in [-0.25, -0.2) is 13.6 Å².